The second-order valence-electron chi connectivity index (χ2n) is 4.59. The van der Waals surface area contributed by atoms with Crippen LogP contribution in [0.3, 0.4) is 0 Å². The number of carbonyl (C=O) groups is 1. The lowest BCUT2D eigenvalue weighted by Crippen LogP contribution is -2.45. The maximum atomic E-state index is 11.7. The summed E-state index contributed by atoms with van der Waals surface area (Å²) in [5, 5.41) is 2.89. The minimum Gasteiger partial charge on any atom is -0.356 e. The van der Waals surface area contributed by atoms with Gasteiger partial charge >= 0.3 is 0 Å². The van der Waals surface area contributed by atoms with Gasteiger partial charge in [-0.15, -0.1) is 0 Å². The Bertz CT molecular complexity index is 205. The molecular weight excluding hydrogens is 176 g/mol. The van der Waals surface area contributed by atoms with Crippen molar-refractivity contribution in [3.63, 3.8) is 0 Å². The summed E-state index contributed by atoms with van der Waals surface area (Å²) in [6.45, 7) is 7.00. The van der Waals surface area contributed by atoms with Crippen molar-refractivity contribution < 1.29 is 4.79 Å². The Morgan fingerprint density at radius 2 is 2.00 bits per heavy atom. The van der Waals surface area contributed by atoms with Gasteiger partial charge in [-0.2, -0.15) is 0 Å². The van der Waals surface area contributed by atoms with Crippen LogP contribution in [0.2, 0.25) is 0 Å². The normalized spacial score (nSPS) is 38.0. The van der Waals surface area contributed by atoms with Gasteiger partial charge in [0.25, 0.3) is 0 Å². The van der Waals surface area contributed by atoms with Crippen LogP contribution < -0.4 is 11.1 Å². The van der Waals surface area contributed by atoms with E-state index in [-0.39, 0.29) is 17.9 Å². The number of hydrogen-bond acceptors (Lipinski definition) is 2. The molecule has 0 saturated heterocycles. The molecule has 0 radical (unpaired) electrons. The summed E-state index contributed by atoms with van der Waals surface area (Å²) < 4.78 is 0. The zero-order chi connectivity index (χ0) is 10.7. The summed E-state index contributed by atoms with van der Waals surface area (Å²) in [4.78, 5) is 11.7. The SMILES string of the molecule is CCNC(=O)C1CC(N)C(C)CC1C. The van der Waals surface area contributed by atoms with Crippen molar-refractivity contribution >= 4 is 5.91 Å². The predicted molar refractivity (Wildman–Crippen MR) is 57.7 cm³/mol. The average molecular weight is 198 g/mol. The molecule has 0 aliphatic heterocycles. The van der Waals surface area contributed by atoms with Gasteiger partial charge in [0.2, 0.25) is 5.91 Å². The van der Waals surface area contributed by atoms with Crippen molar-refractivity contribution in [3.05, 3.63) is 0 Å². The van der Waals surface area contributed by atoms with Crippen molar-refractivity contribution in [3.8, 4) is 0 Å². The fraction of sp³-hybridized carbons (Fsp3) is 0.909. The zero-order valence-electron chi connectivity index (χ0n) is 9.42. The predicted octanol–water partition coefficient (Wildman–Crippen LogP) is 1.13. The Labute approximate surface area is 86.4 Å². The maximum absolute atomic E-state index is 11.7. The van der Waals surface area contributed by atoms with E-state index in [0.717, 1.165) is 12.8 Å². The first-order valence-electron chi connectivity index (χ1n) is 5.59. The van der Waals surface area contributed by atoms with Crippen LogP contribution in [0, 0.1) is 17.8 Å². The molecule has 1 amide bonds. The summed E-state index contributed by atoms with van der Waals surface area (Å²) >= 11 is 0. The van der Waals surface area contributed by atoms with E-state index in [1.165, 1.54) is 0 Å². The van der Waals surface area contributed by atoms with Crippen molar-refractivity contribution in [2.45, 2.75) is 39.7 Å². The molecule has 4 unspecified atom stereocenters. The summed E-state index contributed by atoms with van der Waals surface area (Å²) in [5.41, 5.74) is 5.98. The Morgan fingerprint density at radius 3 is 2.57 bits per heavy atom. The van der Waals surface area contributed by atoms with Crippen LogP contribution in [0.25, 0.3) is 0 Å². The number of nitrogens with one attached hydrogen (secondary N) is 1. The van der Waals surface area contributed by atoms with Crippen LogP contribution in [0.4, 0.5) is 0 Å². The average Bonchev–Trinajstić information content (AvgIpc) is 2.11. The van der Waals surface area contributed by atoms with E-state index >= 15 is 0 Å². The first-order chi connectivity index (χ1) is 6.56. The second-order valence-corrected chi connectivity index (χ2v) is 4.59. The molecule has 0 spiro atoms. The monoisotopic (exact) mass is 198 g/mol. The molecule has 1 rings (SSSR count). The standard InChI is InChI=1S/C11H22N2O/c1-4-13-11(14)9-6-10(12)8(3)5-7(9)2/h7-10H,4-6,12H2,1-3H3,(H,13,14). The Balaban J connectivity index is 2.56. The van der Waals surface area contributed by atoms with Crippen LogP contribution in [0.15, 0.2) is 0 Å². The third kappa shape index (κ3) is 2.47. The van der Waals surface area contributed by atoms with E-state index in [4.69, 9.17) is 5.73 Å². The molecule has 3 N–H and O–H groups in total. The van der Waals surface area contributed by atoms with Crippen LogP contribution >= 0.6 is 0 Å². The van der Waals surface area contributed by atoms with E-state index in [2.05, 4.69) is 19.2 Å². The summed E-state index contributed by atoms with van der Waals surface area (Å²) in [6, 6.07) is 0.193. The molecular formula is C11H22N2O. The highest BCUT2D eigenvalue weighted by atomic mass is 16.1. The van der Waals surface area contributed by atoms with Gasteiger partial charge in [0.05, 0.1) is 0 Å². The maximum Gasteiger partial charge on any atom is 0.223 e. The van der Waals surface area contributed by atoms with Crippen LogP contribution in [0.1, 0.15) is 33.6 Å². The van der Waals surface area contributed by atoms with Gasteiger partial charge in [-0.25, -0.2) is 0 Å². The highest BCUT2D eigenvalue weighted by molar-refractivity contribution is 5.79. The van der Waals surface area contributed by atoms with Crippen molar-refractivity contribution in [1.82, 2.24) is 5.32 Å². The lowest BCUT2D eigenvalue weighted by molar-refractivity contribution is -0.128. The Kier molecular flexibility index (Phi) is 3.93. The summed E-state index contributed by atoms with van der Waals surface area (Å²) in [6.07, 6.45) is 1.91. The van der Waals surface area contributed by atoms with Crippen LogP contribution in [0.5, 0.6) is 0 Å². The van der Waals surface area contributed by atoms with Crippen molar-refractivity contribution in [2.75, 3.05) is 6.54 Å². The summed E-state index contributed by atoms with van der Waals surface area (Å²) in [5.74, 6) is 1.33. The molecule has 1 aliphatic rings. The number of hydrogen-bond donors (Lipinski definition) is 2. The van der Waals surface area contributed by atoms with Gasteiger partial charge in [-0.1, -0.05) is 13.8 Å². The van der Waals surface area contributed by atoms with Crippen LogP contribution in [-0.2, 0) is 4.79 Å². The molecule has 0 aromatic carbocycles. The van der Waals surface area contributed by atoms with Crippen LogP contribution in [-0.4, -0.2) is 18.5 Å². The first-order valence-corrected chi connectivity index (χ1v) is 5.59. The third-order valence-corrected chi connectivity index (χ3v) is 3.38. The highest BCUT2D eigenvalue weighted by Crippen LogP contribution is 2.32. The molecule has 14 heavy (non-hydrogen) atoms. The molecule has 3 nitrogen and oxygen atoms in total. The molecule has 0 bridgehead atoms. The molecule has 1 fully saturated rings. The van der Waals surface area contributed by atoms with E-state index < -0.39 is 0 Å². The van der Waals surface area contributed by atoms with Gasteiger partial charge in [-0.3, -0.25) is 4.79 Å². The molecule has 82 valence electrons. The minimum absolute atomic E-state index is 0.126. The first kappa shape index (κ1) is 11.5. The molecule has 3 heteroatoms. The minimum atomic E-state index is 0.126. The van der Waals surface area contributed by atoms with E-state index in [0.29, 0.717) is 18.4 Å². The van der Waals surface area contributed by atoms with Gasteiger partial charge in [0, 0.05) is 18.5 Å². The molecule has 0 aromatic heterocycles. The number of carbonyl (C=O) groups excluding carboxylic acids is 1. The fourth-order valence-electron chi connectivity index (χ4n) is 2.35. The van der Waals surface area contributed by atoms with Gasteiger partial charge in [0.1, 0.15) is 0 Å². The number of amides is 1. The number of rotatable bonds is 2. The second kappa shape index (κ2) is 4.78. The van der Waals surface area contributed by atoms with E-state index in [1.54, 1.807) is 0 Å². The quantitative estimate of drug-likeness (QED) is 0.699. The fourth-order valence-corrected chi connectivity index (χ4v) is 2.35. The molecule has 4 atom stereocenters. The summed E-state index contributed by atoms with van der Waals surface area (Å²) in [7, 11) is 0. The smallest absolute Gasteiger partial charge is 0.223 e. The lowest BCUT2D eigenvalue weighted by atomic mass is 9.72. The zero-order valence-corrected chi connectivity index (χ0v) is 9.42. The highest BCUT2D eigenvalue weighted by Gasteiger charge is 2.34. The Morgan fingerprint density at radius 1 is 1.36 bits per heavy atom. The van der Waals surface area contributed by atoms with Gasteiger partial charge in [-0.05, 0) is 31.6 Å². The van der Waals surface area contributed by atoms with Gasteiger partial charge < -0.3 is 11.1 Å². The largest absolute Gasteiger partial charge is 0.356 e. The van der Waals surface area contributed by atoms with Gasteiger partial charge in [0.15, 0.2) is 0 Å². The molecule has 1 saturated carbocycles. The third-order valence-electron chi connectivity index (χ3n) is 3.38. The van der Waals surface area contributed by atoms with E-state index in [1.807, 2.05) is 6.92 Å². The van der Waals surface area contributed by atoms with Crippen molar-refractivity contribution in [2.24, 2.45) is 23.5 Å². The van der Waals surface area contributed by atoms with Crippen molar-refractivity contribution in [1.29, 1.82) is 0 Å². The molecule has 1 aliphatic carbocycles. The number of nitrogens with two attached hydrogens (primary N) is 1. The topological polar surface area (TPSA) is 55.1 Å². The molecule has 0 aromatic rings. The Hall–Kier alpha value is -0.570. The molecule has 0 heterocycles. The lowest BCUT2D eigenvalue weighted by Gasteiger charge is -2.36. The van der Waals surface area contributed by atoms with E-state index in [9.17, 15) is 4.79 Å².